The second-order valence-corrected chi connectivity index (χ2v) is 7.52. The molecular weight excluding hydrogens is 337 g/mol. The summed E-state index contributed by atoms with van der Waals surface area (Å²) in [5, 5.41) is 14.4. The van der Waals surface area contributed by atoms with Gasteiger partial charge in [0.2, 0.25) is 11.5 Å². The van der Waals surface area contributed by atoms with Crippen LogP contribution < -0.4 is 4.74 Å². The fraction of sp³-hybridized carbons (Fsp3) is 0.625. The average Bonchev–Trinajstić information content (AvgIpc) is 2.99. The number of hydrogen-bond acceptors (Lipinski definition) is 4. The molecule has 0 radical (unpaired) electrons. The number of fused-ring (bicyclic) bond motifs is 3. The van der Waals surface area contributed by atoms with Crippen LogP contribution in [0.25, 0.3) is 11.4 Å². The van der Waals surface area contributed by atoms with Crippen molar-refractivity contribution in [3.05, 3.63) is 18.1 Å². The minimum absolute atomic E-state index is 0.351. The Balaban J connectivity index is 2.09. The van der Waals surface area contributed by atoms with Gasteiger partial charge in [-0.25, -0.2) is 4.98 Å². The molecule has 6 nitrogen and oxygen atoms in total. The van der Waals surface area contributed by atoms with Crippen LogP contribution >= 0.6 is 0 Å². The predicted octanol–water partition coefficient (Wildman–Crippen LogP) is 3.27. The molecule has 0 aromatic carbocycles. The van der Waals surface area contributed by atoms with E-state index >= 15 is 0 Å². The molecule has 25 heavy (non-hydrogen) atoms. The number of rotatable bonds is 2. The first-order valence-electron chi connectivity index (χ1n) is 7.95. The SMILES string of the molecule is C[C@H]1Cn2nc(OC(C)(C)C)cc2-c2cnc([C@@](C)(O)C(F)(F)F)n21. The van der Waals surface area contributed by atoms with E-state index in [-0.39, 0.29) is 6.04 Å². The van der Waals surface area contributed by atoms with Crippen molar-refractivity contribution in [1.29, 1.82) is 0 Å². The number of aliphatic hydroxyl groups is 1. The van der Waals surface area contributed by atoms with Crippen LogP contribution in [0.2, 0.25) is 0 Å². The van der Waals surface area contributed by atoms with Crippen LogP contribution in [0.1, 0.15) is 46.5 Å². The van der Waals surface area contributed by atoms with Crippen molar-refractivity contribution in [3.8, 4) is 17.3 Å². The molecule has 2 atom stereocenters. The van der Waals surface area contributed by atoms with Gasteiger partial charge in [0.1, 0.15) is 5.60 Å². The van der Waals surface area contributed by atoms with Crippen LogP contribution in [0.3, 0.4) is 0 Å². The third-order valence-electron chi connectivity index (χ3n) is 4.09. The largest absolute Gasteiger partial charge is 0.471 e. The van der Waals surface area contributed by atoms with Crippen LogP contribution in [0.15, 0.2) is 12.3 Å². The first-order chi connectivity index (χ1) is 11.3. The van der Waals surface area contributed by atoms with Crippen LogP contribution in [-0.4, -0.2) is 36.2 Å². The van der Waals surface area contributed by atoms with Gasteiger partial charge in [-0.15, -0.1) is 5.10 Å². The van der Waals surface area contributed by atoms with Crippen LogP contribution in [0.5, 0.6) is 5.88 Å². The average molecular weight is 358 g/mol. The van der Waals surface area contributed by atoms with E-state index in [1.54, 1.807) is 17.7 Å². The van der Waals surface area contributed by atoms with E-state index in [9.17, 15) is 18.3 Å². The highest BCUT2D eigenvalue weighted by Crippen LogP contribution is 2.42. The van der Waals surface area contributed by atoms with Crippen molar-refractivity contribution in [2.75, 3.05) is 0 Å². The Kier molecular flexibility index (Phi) is 3.72. The number of ether oxygens (including phenoxy) is 1. The number of alkyl halides is 3. The van der Waals surface area contributed by atoms with E-state index in [4.69, 9.17) is 4.74 Å². The molecule has 1 N–H and O–H groups in total. The summed E-state index contributed by atoms with van der Waals surface area (Å²) in [5.41, 5.74) is -2.41. The van der Waals surface area contributed by atoms with Crippen molar-refractivity contribution < 1.29 is 23.0 Å². The van der Waals surface area contributed by atoms with Crippen LogP contribution in [0, 0.1) is 0 Å². The Morgan fingerprint density at radius 3 is 2.40 bits per heavy atom. The van der Waals surface area contributed by atoms with Crippen molar-refractivity contribution >= 4 is 0 Å². The molecule has 138 valence electrons. The molecule has 0 saturated heterocycles. The minimum Gasteiger partial charge on any atom is -0.471 e. The highest BCUT2D eigenvalue weighted by molar-refractivity contribution is 5.58. The van der Waals surface area contributed by atoms with Crippen LogP contribution in [0.4, 0.5) is 13.2 Å². The molecule has 0 unspecified atom stereocenters. The van der Waals surface area contributed by atoms with Gasteiger partial charge in [-0.05, 0) is 34.6 Å². The number of nitrogens with zero attached hydrogens (tertiary/aromatic N) is 4. The quantitative estimate of drug-likeness (QED) is 0.895. The van der Waals surface area contributed by atoms with Crippen molar-refractivity contribution in [2.45, 2.75) is 64.6 Å². The number of aromatic nitrogens is 4. The minimum atomic E-state index is -4.83. The lowest BCUT2D eigenvalue weighted by atomic mass is 10.0. The summed E-state index contributed by atoms with van der Waals surface area (Å²) in [7, 11) is 0. The normalized spacial score (nSPS) is 20.0. The molecule has 0 aliphatic carbocycles. The molecule has 0 bridgehead atoms. The lowest BCUT2D eigenvalue weighted by Crippen LogP contribution is -2.42. The standard InChI is InChI=1S/C16H21F3N4O2/c1-9-8-22-10(6-12(21-22)25-14(2,3)4)11-7-20-13(23(9)11)15(5,24)16(17,18)19/h6-7,9,24H,8H2,1-5H3/t9-,15+/m0/s1. The molecular formula is C16H21F3N4O2. The van der Waals surface area contributed by atoms with Gasteiger partial charge in [0.15, 0.2) is 5.82 Å². The van der Waals surface area contributed by atoms with Crippen molar-refractivity contribution in [3.63, 3.8) is 0 Å². The second-order valence-electron chi connectivity index (χ2n) is 7.52. The lowest BCUT2D eigenvalue weighted by Gasteiger charge is -2.31. The van der Waals surface area contributed by atoms with E-state index in [0.717, 1.165) is 6.92 Å². The summed E-state index contributed by atoms with van der Waals surface area (Å²) in [5.74, 6) is -0.0262. The molecule has 1 aliphatic rings. The molecule has 0 saturated carbocycles. The van der Waals surface area contributed by atoms with Gasteiger partial charge in [0.25, 0.3) is 0 Å². The molecule has 0 spiro atoms. The summed E-state index contributed by atoms with van der Waals surface area (Å²) in [4.78, 5) is 3.88. The Morgan fingerprint density at radius 1 is 1.20 bits per heavy atom. The summed E-state index contributed by atoms with van der Waals surface area (Å²) in [6.07, 6.45) is -3.49. The zero-order valence-electron chi connectivity index (χ0n) is 14.7. The van der Waals surface area contributed by atoms with Crippen molar-refractivity contribution in [1.82, 2.24) is 19.3 Å². The van der Waals surface area contributed by atoms with E-state index in [1.807, 2.05) is 20.8 Å². The summed E-state index contributed by atoms with van der Waals surface area (Å²) in [6, 6.07) is 1.33. The monoisotopic (exact) mass is 358 g/mol. The van der Waals surface area contributed by atoms with Gasteiger partial charge in [-0.1, -0.05) is 0 Å². The molecule has 0 amide bonds. The Morgan fingerprint density at radius 2 is 1.84 bits per heavy atom. The van der Waals surface area contributed by atoms with Gasteiger partial charge in [0, 0.05) is 6.07 Å². The van der Waals surface area contributed by atoms with Gasteiger partial charge >= 0.3 is 6.18 Å². The van der Waals surface area contributed by atoms with Gasteiger partial charge < -0.3 is 14.4 Å². The number of imidazole rings is 1. The highest BCUT2D eigenvalue weighted by Gasteiger charge is 2.55. The maximum absolute atomic E-state index is 13.2. The molecule has 2 aromatic heterocycles. The fourth-order valence-corrected chi connectivity index (χ4v) is 2.92. The molecule has 1 aliphatic heterocycles. The third kappa shape index (κ3) is 2.90. The smallest absolute Gasteiger partial charge is 0.424 e. The Labute approximate surface area is 143 Å². The third-order valence-corrected chi connectivity index (χ3v) is 4.09. The first-order valence-corrected chi connectivity index (χ1v) is 7.95. The molecule has 9 heteroatoms. The Hall–Kier alpha value is -2.03. The fourth-order valence-electron chi connectivity index (χ4n) is 2.92. The van der Waals surface area contributed by atoms with E-state index in [2.05, 4.69) is 10.1 Å². The lowest BCUT2D eigenvalue weighted by molar-refractivity contribution is -0.262. The van der Waals surface area contributed by atoms with Crippen LogP contribution in [-0.2, 0) is 12.1 Å². The topological polar surface area (TPSA) is 65.1 Å². The maximum atomic E-state index is 13.2. The van der Waals surface area contributed by atoms with E-state index in [1.165, 1.54) is 10.8 Å². The highest BCUT2D eigenvalue weighted by atomic mass is 19.4. The molecule has 2 aromatic rings. The van der Waals surface area contributed by atoms with E-state index < -0.39 is 23.2 Å². The molecule has 3 heterocycles. The number of hydrogen-bond donors (Lipinski definition) is 1. The summed E-state index contributed by atoms with van der Waals surface area (Å²) < 4.78 is 48.6. The van der Waals surface area contributed by atoms with Gasteiger partial charge in [-0.3, -0.25) is 4.68 Å². The zero-order valence-corrected chi connectivity index (χ0v) is 14.7. The van der Waals surface area contributed by atoms with Crippen molar-refractivity contribution in [2.24, 2.45) is 0 Å². The zero-order chi connectivity index (χ0) is 18.8. The van der Waals surface area contributed by atoms with Gasteiger partial charge in [0.05, 0.1) is 30.2 Å². The molecule has 0 fully saturated rings. The number of halogens is 3. The predicted molar refractivity (Wildman–Crippen MR) is 84.2 cm³/mol. The summed E-state index contributed by atoms with van der Waals surface area (Å²) in [6.45, 7) is 8.49. The summed E-state index contributed by atoms with van der Waals surface area (Å²) >= 11 is 0. The maximum Gasteiger partial charge on any atom is 0.424 e. The Bertz CT molecular complexity index is 799. The molecule has 3 rings (SSSR count). The van der Waals surface area contributed by atoms with Gasteiger partial charge in [-0.2, -0.15) is 13.2 Å². The second kappa shape index (κ2) is 5.23. The van der Waals surface area contributed by atoms with E-state index in [0.29, 0.717) is 23.8 Å². The first kappa shape index (κ1) is 17.8.